The molecular formula is C15H16N2. The molecule has 1 aromatic heterocycles. The van der Waals surface area contributed by atoms with Crippen LogP contribution in [-0.4, -0.2) is 18.1 Å². The largest absolute Gasteiger partial charge is 0.316 e. The molecule has 0 saturated carbocycles. The second kappa shape index (κ2) is 3.54. The minimum Gasteiger partial charge on any atom is -0.316 e. The molecule has 0 radical (unpaired) electrons. The lowest BCUT2D eigenvalue weighted by atomic mass is 9.77. The highest BCUT2D eigenvalue weighted by molar-refractivity contribution is 5.80. The predicted octanol–water partition coefficient (Wildman–Crippen LogP) is 2.80. The van der Waals surface area contributed by atoms with Gasteiger partial charge >= 0.3 is 0 Å². The fourth-order valence-electron chi connectivity index (χ4n) is 3.43. The molecule has 1 aromatic carbocycles. The standard InChI is InChI=1S/C15H16N2/c1-2-10-6-13-11-3-4-12(9-16-8-11)14(13)7-15(10)17-5-1/h1-2,5-7,11-12,16H,3-4,8-9H2/t11-,12-/m0/s1. The van der Waals surface area contributed by atoms with Crippen molar-refractivity contribution in [2.24, 2.45) is 0 Å². The van der Waals surface area contributed by atoms with Gasteiger partial charge in [-0.15, -0.1) is 0 Å². The van der Waals surface area contributed by atoms with Crippen molar-refractivity contribution in [2.45, 2.75) is 24.7 Å². The molecule has 2 nitrogen and oxygen atoms in total. The van der Waals surface area contributed by atoms with Crippen molar-refractivity contribution in [1.29, 1.82) is 0 Å². The van der Waals surface area contributed by atoms with Crippen LogP contribution in [0.1, 0.15) is 35.8 Å². The van der Waals surface area contributed by atoms with Crippen molar-refractivity contribution in [1.82, 2.24) is 10.3 Å². The zero-order valence-electron chi connectivity index (χ0n) is 9.82. The van der Waals surface area contributed by atoms with E-state index in [1.807, 2.05) is 12.3 Å². The number of fused-ring (bicyclic) bond motifs is 4. The summed E-state index contributed by atoms with van der Waals surface area (Å²) in [6, 6.07) is 8.91. The molecule has 1 fully saturated rings. The molecule has 1 saturated heterocycles. The molecule has 2 atom stereocenters. The lowest BCUT2D eigenvalue weighted by Gasteiger charge is -2.26. The van der Waals surface area contributed by atoms with E-state index < -0.39 is 0 Å². The van der Waals surface area contributed by atoms with Crippen LogP contribution in [0.3, 0.4) is 0 Å². The minimum absolute atomic E-state index is 0.704. The zero-order valence-corrected chi connectivity index (χ0v) is 9.82. The van der Waals surface area contributed by atoms with Gasteiger partial charge < -0.3 is 5.32 Å². The number of rotatable bonds is 0. The SMILES string of the molecule is c1cnc2cc3c(cc2c1)[C@H]1CC[C@H]3CNC1. The Labute approximate surface area is 101 Å². The molecule has 0 amide bonds. The van der Waals surface area contributed by atoms with Crippen LogP contribution in [0.5, 0.6) is 0 Å². The maximum atomic E-state index is 4.48. The van der Waals surface area contributed by atoms with Gasteiger partial charge in [0.1, 0.15) is 0 Å². The van der Waals surface area contributed by atoms with E-state index in [2.05, 4.69) is 28.5 Å². The molecule has 2 aromatic rings. The van der Waals surface area contributed by atoms with Crippen LogP contribution < -0.4 is 5.32 Å². The summed E-state index contributed by atoms with van der Waals surface area (Å²) in [5, 5.41) is 4.88. The fraction of sp³-hybridized carbons (Fsp3) is 0.400. The van der Waals surface area contributed by atoms with Crippen LogP contribution >= 0.6 is 0 Å². The second-order valence-corrected chi connectivity index (χ2v) is 5.31. The van der Waals surface area contributed by atoms with Crippen LogP contribution in [0, 0.1) is 0 Å². The van der Waals surface area contributed by atoms with Gasteiger partial charge in [0.2, 0.25) is 0 Å². The third kappa shape index (κ3) is 1.40. The Balaban J connectivity index is 2.01. The Kier molecular flexibility index (Phi) is 2.00. The summed E-state index contributed by atoms with van der Waals surface area (Å²) < 4.78 is 0. The van der Waals surface area contributed by atoms with E-state index in [0.29, 0.717) is 11.8 Å². The van der Waals surface area contributed by atoms with Gasteiger partial charge in [0.05, 0.1) is 5.52 Å². The summed E-state index contributed by atoms with van der Waals surface area (Å²) in [4.78, 5) is 4.48. The molecule has 0 spiro atoms. The molecule has 17 heavy (non-hydrogen) atoms. The van der Waals surface area contributed by atoms with Crippen molar-refractivity contribution < 1.29 is 0 Å². The molecule has 86 valence electrons. The second-order valence-electron chi connectivity index (χ2n) is 5.31. The monoisotopic (exact) mass is 224 g/mol. The van der Waals surface area contributed by atoms with Gasteiger partial charge in [-0.25, -0.2) is 0 Å². The highest BCUT2D eigenvalue weighted by Crippen LogP contribution is 2.41. The van der Waals surface area contributed by atoms with Crippen molar-refractivity contribution in [3.63, 3.8) is 0 Å². The van der Waals surface area contributed by atoms with E-state index in [1.54, 1.807) is 11.1 Å². The lowest BCUT2D eigenvalue weighted by Crippen LogP contribution is -2.18. The number of hydrogen-bond acceptors (Lipinski definition) is 2. The fourth-order valence-corrected chi connectivity index (χ4v) is 3.43. The van der Waals surface area contributed by atoms with Crippen molar-refractivity contribution in [3.05, 3.63) is 41.6 Å². The van der Waals surface area contributed by atoms with Crippen LogP contribution in [0.4, 0.5) is 0 Å². The molecular weight excluding hydrogens is 208 g/mol. The maximum Gasteiger partial charge on any atom is 0.0705 e. The summed E-state index contributed by atoms with van der Waals surface area (Å²) in [6.07, 6.45) is 4.57. The van der Waals surface area contributed by atoms with E-state index in [1.165, 1.54) is 18.2 Å². The third-order valence-corrected chi connectivity index (χ3v) is 4.33. The predicted molar refractivity (Wildman–Crippen MR) is 69.3 cm³/mol. The Morgan fingerprint density at radius 2 is 1.82 bits per heavy atom. The molecule has 0 unspecified atom stereocenters. The van der Waals surface area contributed by atoms with Gasteiger partial charge in [0, 0.05) is 24.7 Å². The minimum atomic E-state index is 0.704. The third-order valence-electron chi connectivity index (χ3n) is 4.33. The lowest BCUT2D eigenvalue weighted by molar-refractivity contribution is 0.550. The first-order chi connectivity index (χ1) is 8.42. The quantitative estimate of drug-likeness (QED) is 0.744. The maximum absolute atomic E-state index is 4.48. The Morgan fingerprint density at radius 3 is 2.65 bits per heavy atom. The Bertz CT molecular complexity index is 522. The number of pyridine rings is 1. The molecule has 3 heterocycles. The zero-order chi connectivity index (χ0) is 11.2. The Morgan fingerprint density at radius 1 is 1.06 bits per heavy atom. The van der Waals surface area contributed by atoms with Crippen molar-refractivity contribution in [3.8, 4) is 0 Å². The topological polar surface area (TPSA) is 24.9 Å². The van der Waals surface area contributed by atoms with E-state index in [4.69, 9.17) is 0 Å². The molecule has 1 N–H and O–H groups in total. The smallest absolute Gasteiger partial charge is 0.0705 e. The summed E-state index contributed by atoms with van der Waals surface area (Å²) in [5.41, 5.74) is 4.28. The van der Waals surface area contributed by atoms with Gasteiger partial charge in [-0.3, -0.25) is 4.98 Å². The van der Waals surface area contributed by atoms with Gasteiger partial charge in [-0.05, 0) is 54.0 Å². The first-order valence-electron chi connectivity index (χ1n) is 6.51. The molecule has 2 aliphatic heterocycles. The van der Waals surface area contributed by atoms with E-state index in [9.17, 15) is 0 Å². The van der Waals surface area contributed by atoms with Crippen LogP contribution in [0.15, 0.2) is 30.5 Å². The van der Waals surface area contributed by atoms with Crippen molar-refractivity contribution >= 4 is 10.9 Å². The summed E-state index contributed by atoms with van der Waals surface area (Å²) in [5.74, 6) is 1.42. The van der Waals surface area contributed by atoms with Crippen LogP contribution in [0.2, 0.25) is 0 Å². The molecule has 2 heteroatoms. The van der Waals surface area contributed by atoms with E-state index in [0.717, 1.165) is 18.6 Å². The summed E-state index contributed by atoms with van der Waals surface area (Å²) in [7, 11) is 0. The number of hydrogen-bond donors (Lipinski definition) is 1. The molecule has 5 rings (SSSR count). The summed E-state index contributed by atoms with van der Waals surface area (Å²) in [6.45, 7) is 2.29. The first-order valence-corrected chi connectivity index (χ1v) is 6.51. The number of nitrogens with zero attached hydrogens (tertiary/aromatic N) is 1. The van der Waals surface area contributed by atoms with Crippen molar-refractivity contribution in [2.75, 3.05) is 13.1 Å². The van der Waals surface area contributed by atoms with Gasteiger partial charge in [-0.2, -0.15) is 0 Å². The average Bonchev–Trinajstić information content (AvgIpc) is 2.71. The molecule has 2 bridgehead atoms. The highest BCUT2D eigenvalue weighted by atomic mass is 14.9. The van der Waals surface area contributed by atoms with Crippen LogP contribution in [0.25, 0.3) is 10.9 Å². The van der Waals surface area contributed by atoms with E-state index in [-0.39, 0.29) is 0 Å². The van der Waals surface area contributed by atoms with Gasteiger partial charge in [-0.1, -0.05) is 6.07 Å². The number of benzene rings is 1. The highest BCUT2D eigenvalue weighted by Gasteiger charge is 2.30. The molecule has 1 aliphatic carbocycles. The Hall–Kier alpha value is -1.41. The normalized spacial score (nSPS) is 26.8. The average molecular weight is 224 g/mol. The first kappa shape index (κ1) is 9.60. The number of nitrogens with one attached hydrogen (secondary N) is 1. The van der Waals surface area contributed by atoms with Gasteiger partial charge in [0.15, 0.2) is 0 Å². The number of aromatic nitrogens is 1. The van der Waals surface area contributed by atoms with Gasteiger partial charge in [0.25, 0.3) is 0 Å². The summed E-state index contributed by atoms with van der Waals surface area (Å²) >= 11 is 0. The van der Waals surface area contributed by atoms with Crippen LogP contribution in [-0.2, 0) is 0 Å². The molecule has 3 aliphatic rings. The van der Waals surface area contributed by atoms with E-state index >= 15 is 0 Å².